The number of nitrogens with two attached hydrogens (primary N) is 1. The van der Waals surface area contributed by atoms with Crippen molar-refractivity contribution in [3.8, 4) is 0 Å². The summed E-state index contributed by atoms with van der Waals surface area (Å²) in [6.45, 7) is 3.92. The maximum atomic E-state index is 12.7. The molecule has 1 amide bonds. The highest BCUT2D eigenvalue weighted by atomic mass is 32.2. The van der Waals surface area contributed by atoms with Crippen molar-refractivity contribution in [1.82, 2.24) is 10.2 Å². The fourth-order valence-corrected chi connectivity index (χ4v) is 4.41. The second-order valence-corrected chi connectivity index (χ2v) is 8.21. The van der Waals surface area contributed by atoms with E-state index in [0.29, 0.717) is 13.0 Å². The van der Waals surface area contributed by atoms with Crippen LogP contribution >= 0.6 is 11.8 Å². The Morgan fingerprint density at radius 2 is 2.04 bits per heavy atom. The van der Waals surface area contributed by atoms with E-state index in [0.717, 1.165) is 0 Å². The van der Waals surface area contributed by atoms with Gasteiger partial charge in [-0.3, -0.25) is 9.69 Å². The first-order valence-corrected chi connectivity index (χ1v) is 9.94. The number of carbonyl (C=O) groups is 1. The molecule has 2 aliphatic heterocycles. The normalized spacial score (nSPS) is 42.2. The quantitative estimate of drug-likeness (QED) is 0.385. The number of hydrogen-bond acceptors (Lipinski definition) is 8. The Balaban J connectivity index is 2.13. The maximum Gasteiger partial charge on any atom is 0.237 e. The summed E-state index contributed by atoms with van der Waals surface area (Å²) in [4.78, 5) is 14.5. The summed E-state index contributed by atoms with van der Waals surface area (Å²) in [6.07, 6.45) is -1.19. The van der Waals surface area contributed by atoms with Crippen LogP contribution in [-0.4, -0.2) is 94.0 Å². The summed E-state index contributed by atoms with van der Waals surface area (Å²) in [6, 6.07) is -1.20. The molecule has 2 aliphatic rings. The van der Waals surface area contributed by atoms with E-state index in [-0.39, 0.29) is 18.0 Å². The number of aliphatic hydroxyl groups excluding tert-OH is 3. The highest BCUT2D eigenvalue weighted by molar-refractivity contribution is 7.99. The number of ether oxygens (including phenoxy) is 1. The lowest BCUT2D eigenvalue weighted by atomic mass is 9.86. The van der Waals surface area contributed by atoms with Gasteiger partial charge in [-0.25, -0.2) is 0 Å². The molecule has 2 heterocycles. The molecule has 0 spiro atoms. The van der Waals surface area contributed by atoms with Crippen molar-refractivity contribution in [3.05, 3.63) is 0 Å². The van der Waals surface area contributed by atoms with Crippen molar-refractivity contribution in [1.29, 1.82) is 0 Å². The van der Waals surface area contributed by atoms with Crippen LogP contribution in [0, 0.1) is 5.92 Å². The molecule has 9 heteroatoms. The van der Waals surface area contributed by atoms with E-state index < -0.39 is 41.8 Å². The summed E-state index contributed by atoms with van der Waals surface area (Å²) >= 11 is 1.33. The van der Waals surface area contributed by atoms with Crippen molar-refractivity contribution in [2.75, 3.05) is 19.8 Å². The number of nitrogens with zero attached hydrogens (tertiary/aromatic N) is 1. The van der Waals surface area contributed by atoms with E-state index in [1.807, 2.05) is 11.9 Å². The second-order valence-electron chi connectivity index (χ2n) is 7.27. The smallest absolute Gasteiger partial charge is 0.237 e. The fourth-order valence-electron chi connectivity index (χ4n) is 3.64. The molecule has 0 unspecified atom stereocenters. The Morgan fingerprint density at radius 1 is 1.40 bits per heavy atom. The number of likely N-dealkylation sites (tertiary alicyclic amines) is 1. The molecule has 6 N–H and O–H groups in total. The first kappa shape index (κ1) is 20.9. The third-order valence-electron chi connectivity index (χ3n) is 5.28. The molecule has 0 aromatic carbocycles. The van der Waals surface area contributed by atoms with E-state index in [1.54, 1.807) is 20.1 Å². The zero-order valence-corrected chi connectivity index (χ0v) is 16.0. The SMILES string of the molecule is CS[C@H]1O[C@H]([C@H](NC(=O)[C@@H]2C[C@@H](N)CN2C)[C@@H](C)O)[C@H](O)[C@H](C)[C@H]1O. The molecule has 8 nitrogen and oxygen atoms in total. The topological polar surface area (TPSA) is 128 Å². The first-order chi connectivity index (χ1) is 11.7. The van der Waals surface area contributed by atoms with Crippen LogP contribution in [0.5, 0.6) is 0 Å². The van der Waals surface area contributed by atoms with Crippen LogP contribution in [0.15, 0.2) is 0 Å². The largest absolute Gasteiger partial charge is 0.391 e. The van der Waals surface area contributed by atoms with Crippen LogP contribution < -0.4 is 11.1 Å². The van der Waals surface area contributed by atoms with Crippen LogP contribution in [0.2, 0.25) is 0 Å². The number of rotatable bonds is 5. The van der Waals surface area contributed by atoms with Gasteiger partial charge in [-0.2, -0.15) is 0 Å². The average molecular weight is 378 g/mol. The number of likely N-dealkylation sites (N-methyl/N-ethyl adjacent to an activating group) is 1. The van der Waals surface area contributed by atoms with Gasteiger partial charge in [0.25, 0.3) is 0 Å². The first-order valence-electron chi connectivity index (χ1n) is 8.66. The molecule has 2 saturated heterocycles. The Kier molecular flexibility index (Phi) is 7.11. The summed E-state index contributed by atoms with van der Waals surface area (Å²) in [5.74, 6) is -0.673. The molecular weight excluding hydrogens is 346 g/mol. The molecule has 0 saturated carbocycles. The molecule has 0 aliphatic carbocycles. The predicted octanol–water partition coefficient (Wildman–Crippen LogP) is -1.67. The van der Waals surface area contributed by atoms with Gasteiger partial charge in [0.1, 0.15) is 11.5 Å². The van der Waals surface area contributed by atoms with Crippen LogP contribution in [0.3, 0.4) is 0 Å². The Bertz CT molecular complexity index is 467. The fraction of sp³-hybridized carbons (Fsp3) is 0.938. The number of amides is 1. The standard InChI is InChI=1S/C16H31N3O5S/c1-7-12(21)14(24-16(25-4)13(7)22)11(8(2)20)18-15(23)10-5-9(17)6-19(10)3/h7-14,16,20-22H,5-6,17H2,1-4H3,(H,18,23)/t7-,8+,9+,10-,11+,12+,13+,14+,16+/m0/s1. The van der Waals surface area contributed by atoms with Gasteiger partial charge >= 0.3 is 0 Å². The molecule has 146 valence electrons. The van der Waals surface area contributed by atoms with Gasteiger partial charge in [-0.05, 0) is 26.6 Å². The zero-order chi connectivity index (χ0) is 18.9. The molecule has 0 radical (unpaired) electrons. The highest BCUT2D eigenvalue weighted by Gasteiger charge is 2.47. The summed E-state index contributed by atoms with van der Waals surface area (Å²) < 4.78 is 5.82. The summed E-state index contributed by atoms with van der Waals surface area (Å²) in [7, 11) is 1.84. The number of carbonyl (C=O) groups excluding carboxylic acids is 1. The van der Waals surface area contributed by atoms with Crippen LogP contribution in [-0.2, 0) is 9.53 Å². The molecule has 25 heavy (non-hydrogen) atoms. The predicted molar refractivity (Wildman–Crippen MR) is 96.0 cm³/mol. The zero-order valence-electron chi connectivity index (χ0n) is 15.2. The molecule has 2 fully saturated rings. The van der Waals surface area contributed by atoms with Gasteiger partial charge in [0.05, 0.1) is 30.4 Å². The summed E-state index contributed by atoms with van der Waals surface area (Å²) in [5.41, 5.74) is 5.39. The van der Waals surface area contributed by atoms with Gasteiger partial charge in [0.2, 0.25) is 5.91 Å². The Morgan fingerprint density at radius 3 is 2.52 bits per heavy atom. The van der Waals surface area contributed by atoms with E-state index >= 15 is 0 Å². The van der Waals surface area contributed by atoms with Crippen molar-refractivity contribution >= 4 is 17.7 Å². The molecule has 0 aromatic heterocycles. The van der Waals surface area contributed by atoms with Crippen LogP contribution in [0.25, 0.3) is 0 Å². The van der Waals surface area contributed by atoms with E-state index in [2.05, 4.69) is 5.32 Å². The molecule has 0 bridgehead atoms. The lowest BCUT2D eigenvalue weighted by Gasteiger charge is -2.45. The van der Waals surface area contributed by atoms with Crippen molar-refractivity contribution < 1.29 is 24.9 Å². The second kappa shape index (κ2) is 8.51. The summed E-state index contributed by atoms with van der Waals surface area (Å²) in [5, 5.41) is 33.7. The highest BCUT2D eigenvalue weighted by Crippen LogP contribution is 2.33. The van der Waals surface area contributed by atoms with Gasteiger partial charge in [-0.15, -0.1) is 11.8 Å². The minimum atomic E-state index is -0.998. The number of aliphatic hydroxyl groups is 3. The Labute approximate surface area is 153 Å². The number of hydrogen-bond donors (Lipinski definition) is 5. The van der Waals surface area contributed by atoms with E-state index in [1.165, 1.54) is 11.8 Å². The maximum absolute atomic E-state index is 12.7. The number of nitrogens with one attached hydrogen (secondary N) is 1. The van der Waals surface area contributed by atoms with Crippen LogP contribution in [0.4, 0.5) is 0 Å². The van der Waals surface area contributed by atoms with E-state index in [9.17, 15) is 20.1 Å². The lowest BCUT2D eigenvalue weighted by molar-refractivity contribution is -0.185. The third-order valence-corrected chi connectivity index (χ3v) is 6.14. The molecule has 9 atom stereocenters. The van der Waals surface area contributed by atoms with Crippen molar-refractivity contribution in [2.24, 2.45) is 11.7 Å². The lowest BCUT2D eigenvalue weighted by Crippen LogP contribution is -2.63. The molecule has 2 rings (SSSR count). The third kappa shape index (κ3) is 4.47. The van der Waals surface area contributed by atoms with E-state index in [4.69, 9.17) is 10.5 Å². The van der Waals surface area contributed by atoms with Gasteiger partial charge in [0.15, 0.2) is 0 Å². The number of thioether (sulfide) groups is 1. The van der Waals surface area contributed by atoms with Gasteiger partial charge in [-0.1, -0.05) is 6.92 Å². The molecule has 0 aromatic rings. The minimum Gasteiger partial charge on any atom is -0.391 e. The van der Waals surface area contributed by atoms with Crippen molar-refractivity contribution in [3.63, 3.8) is 0 Å². The van der Waals surface area contributed by atoms with Gasteiger partial charge in [0, 0.05) is 18.5 Å². The van der Waals surface area contributed by atoms with Gasteiger partial charge < -0.3 is 31.1 Å². The van der Waals surface area contributed by atoms with Crippen molar-refractivity contribution in [2.45, 2.75) is 68.2 Å². The minimum absolute atomic E-state index is 0.0571. The molecular formula is C16H31N3O5S. The average Bonchev–Trinajstić information content (AvgIpc) is 2.89. The van der Waals surface area contributed by atoms with Crippen LogP contribution in [0.1, 0.15) is 20.3 Å². The Hall–Kier alpha value is -0.420. The monoisotopic (exact) mass is 377 g/mol.